The second kappa shape index (κ2) is 5.85. The number of aromatic carboxylic acids is 1. The van der Waals surface area contributed by atoms with Gasteiger partial charge in [-0.2, -0.15) is 0 Å². The van der Waals surface area contributed by atoms with Crippen LogP contribution in [0.5, 0.6) is 11.5 Å². The van der Waals surface area contributed by atoms with E-state index in [0.29, 0.717) is 0 Å². The molecule has 7 heteroatoms. The fourth-order valence-corrected chi connectivity index (χ4v) is 1.37. The number of carbonyl (C=O) groups excluding carboxylic acids is 2. The molecule has 0 aromatic heterocycles. The lowest BCUT2D eigenvalue weighted by Gasteiger charge is -2.08. The number of ether oxygens (including phenoxy) is 2. The fraction of sp³-hybridized carbons (Fsp3) is 0.250. The van der Waals surface area contributed by atoms with E-state index < -0.39 is 29.0 Å². The predicted octanol–water partition coefficient (Wildman–Crippen LogP) is 0.845. The molecule has 0 unspecified atom stereocenters. The Bertz CT molecular complexity index is 533. The number of hydrogen-bond donors (Lipinski definition) is 2. The van der Waals surface area contributed by atoms with Crippen LogP contribution in [0.25, 0.3) is 0 Å². The molecule has 0 heterocycles. The van der Waals surface area contributed by atoms with E-state index in [1.54, 1.807) is 0 Å². The molecule has 0 aliphatic carbocycles. The van der Waals surface area contributed by atoms with Gasteiger partial charge in [-0.15, -0.1) is 0 Å². The van der Waals surface area contributed by atoms with E-state index in [0.717, 1.165) is 12.1 Å². The third-order valence-electron chi connectivity index (χ3n) is 2.25. The van der Waals surface area contributed by atoms with Crippen molar-refractivity contribution in [2.75, 3.05) is 13.7 Å². The van der Waals surface area contributed by atoms with Crippen LogP contribution in [0.1, 0.15) is 27.6 Å². The van der Waals surface area contributed by atoms with Crippen LogP contribution in [0.3, 0.4) is 0 Å². The highest BCUT2D eigenvalue weighted by Gasteiger charge is 2.23. The molecular formula is C12H12O7. The topological polar surface area (TPSA) is 110 Å². The maximum Gasteiger partial charge on any atom is 0.379 e. The van der Waals surface area contributed by atoms with E-state index in [-0.39, 0.29) is 17.9 Å². The maximum atomic E-state index is 11.7. The SMILES string of the molecule is CCOC(=O)C(=O)c1cc(OC)c(O)c(C(=O)O)c1. The lowest BCUT2D eigenvalue weighted by molar-refractivity contribution is -0.137. The summed E-state index contributed by atoms with van der Waals surface area (Å²) in [5, 5.41) is 18.5. The Morgan fingerprint density at radius 1 is 1.26 bits per heavy atom. The highest BCUT2D eigenvalue weighted by atomic mass is 16.5. The molecule has 0 saturated carbocycles. The molecule has 0 saturated heterocycles. The van der Waals surface area contributed by atoms with Gasteiger partial charge in [0.05, 0.1) is 13.7 Å². The molecule has 2 N–H and O–H groups in total. The monoisotopic (exact) mass is 268 g/mol. The van der Waals surface area contributed by atoms with E-state index in [1.807, 2.05) is 0 Å². The Balaban J connectivity index is 3.29. The Morgan fingerprint density at radius 2 is 1.89 bits per heavy atom. The zero-order chi connectivity index (χ0) is 14.6. The number of rotatable bonds is 5. The number of carboxylic acids is 1. The van der Waals surface area contributed by atoms with Gasteiger partial charge >= 0.3 is 11.9 Å². The van der Waals surface area contributed by atoms with Crippen molar-refractivity contribution in [1.82, 2.24) is 0 Å². The summed E-state index contributed by atoms with van der Waals surface area (Å²) in [5.41, 5.74) is -0.766. The first-order valence-corrected chi connectivity index (χ1v) is 5.28. The molecule has 0 fully saturated rings. The quantitative estimate of drug-likeness (QED) is 0.462. The average molecular weight is 268 g/mol. The third-order valence-corrected chi connectivity index (χ3v) is 2.25. The van der Waals surface area contributed by atoms with Gasteiger partial charge in [-0.1, -0.05) is 0 Å². The predicted molar refractivity (Wildman–Crippen MR) is 62.6 cm³/mol. The van der Waals surface area contributed by atoms with Crippen LogP contribution in [0, 0.1) is 0 Å². The summed E-state index contributed by atoms with van der Waals surface area (Å²) in [6.07, 6.45) is 0. The van der Waals surface area contributed by atoms with Gasteiger partial charge in [0.1, 0.15) is 5.56 Å². The molecule has 1 rings (SSSR count). The number of carbonyl (C=O) groups is 3. The molecule has 0 amide bonds. The van der Waals surface area contributed by atoms with Crippen LogP contribution in [0.4, 0.5) is 0 Å². The Labute approximate surface area is 108 Å². The van der Waals surface area contributed by atoms with Gasteiger partial charge in [0, 0.05) is 5.56 Å². The molecule has 1 aromatic carbocycles. The molecule has 0 atom stereocenters. The average Bonchev–Trinajstić information content (AvgIpc) is 2.38. The minimum absolute atomic E-state index is 0.0194. The lowest BCUT2D eigenvalue weighted by Crippen LogP contribution is -2.18. The second-order valence-corrected chi connectivity index (χ2v) is 3.43. The summed E-state index contributed by atoms with van der Waals surface area (Å²) in [6.45, 7) is 1.55. The minimum Gasteiger partial charge on any atom is -0.504 e. The molecule has 0 bridgehead atoms. The molecule has 0 aliphatic heterocycles. The zero-order valence-corrected chi connectivity index (χ0v) is 10.3. The first-order valence-electron chi connectivity index (χ1n) is 5.28. The number of carboxylic acid groups (broad SMARTS) is 1. The number of esters is 1. The van der Waals surface area contributed by atoms with E-state index >= 15 is 0 Å². The van der Waals surface area contributed by atoms with Crippen LogP contribution in [-0.4, -0.2) is 41.7 Å². The van der Waals surface area contributed by atoms with E-state index in [1.165, 1.54) is 14.0 Å². The van der Waals surface area contributed by atoms with Crippen molar-refractivity contribution in [2.45, 2.75) is 6.92 Å². The van der Waals surface area contributed by atoms with Gasteiger partial charge in [0.15, 0.2) is 11.5 Å². The number of methoxy groups -OCH3 is 1. The van der Waals surface area contributed by atoms with Gasteiger partial charge in [-0.05, 0) is 19.1 Å². The largest absolute Gasteiger partial charge is 0.504 e. The van der Waals surface area contributed by atoms with Crippen molar-refractivity contribution in [3.63, 3.8) is 0 Å². The first-order chi connectivity index (χ1) is 8.92. The smallest absolute Gasteiger partial charge is 0.379 e. The third kappa shape index (κ3) is 3.01. The Morgan fingerprint density at radius 3 is 2.37 bits per heavy atom. The Hall–Kier alpha value is -2.57. The fourth-order valence-electron chi connectivity index (χ4n) is 1.37. The molecule has 19 heavy (non-hydrogen) atoms. The summed E-state index contributed by atoms with van der Waals surface area (Å²) in [7, 11) is 1.19. The number of hydrogen-bond acceptors (Lipinski definition) is 6. The van der Waals surface area contributed by atoms with Gasteiger partial charge in [0.25, 0.3) is 5.78 Å². The molecule has 0 spiro atoms. The summed E-state index contributed by atoms with van der Waals surface area (Å²) in [5.74, 6) is -4.40. The van der Waals surface area contributed by atoms with Crippen LogP contribution >= 0.6 is 0 Å². The summed E-state index contributed by atoms with van der Waals surface area (Å²) in [4.78, 5) is 33.9. The van der Waals surface area contributed by atoms with Crippen molar-refractivity contribution in [3.05, 3.63) is 23.3 Å². The lowest BCUT2D eigenvalue weighted by atomic mass is 10.1. The van der Waals surface area contributed by atoms with Crippen LogP contribution in [0.15, 0.2) is 12.1 Å². The normalized spacial score (nSPS) is 9.79. The van der Waals surface area contributed by atoms with Crippen molar-refractivity contribution in [1.29, 1.82) is 0 Å². The number of aromatic hydroxyl groups is 1. The minimum atomic E-state index is -1.45. The van der Waals surface area contributed by atoms with Crippen molar-refractivity contribution >= 4 is 17.7 Å². The van der Waals surface area contributed by atoms with E-state index in [9.17, 15) is 19.5 Å². The highest BCUT2D eigenvalue weighted by Crippen LogP contribution is 2.31. The highest BCUT2D eigenvalue weighted by molar-refractivity contribution is 6.40. The molecule has 7 nitrogen and oxygen atoms in total. The van der Waals surface area contributed by atoms with Crippen molar-refractivity contribution in [3.8, 4) is 11.5 Å². The molecule has 102 valence electrons. The number of phenols is 1. The van der Waals surface area contributed by atoms with E-state index in [4.69, 9.17) is 9.84 Å². The van der Waals surface area contributed by atoms with Crippen molar-refractivity contribution in [2.24, 2.45) is 0 Å². The number of benzene rings is 1. The van der Waals surface area contributed by atoms with Gasteiger partial charge in [-0.3, -0.25) is 4.79 Å². The summed E-state index contributed by atoms with van der Waals surface area (Å²) in [6, 6.07) is 1.96. The standard InChI is InChI=1S/C12H12O7/c1-3-19-12(17)9(13)6-4-7(11(15)16)10(14)8(5-6)18-2/h4-5,14H,3H2,1-2H3,(H,15,16). The molecule has 1 aromatic rings. The maximum absolute atomic E-state index is 11.7. The second-order valence-electron chi connectivity index (χ2n) is 3.43. The first kappa shape index (κ1) is 14.5. The van der Waals surface area contributed by atoms with Gasteiger partial charge in [0.2, 0.25) is 0 Å². The summed E-state index contributed by atoms with van der Waals surface area (Å²) >= 11 is 0. The van der Waals surface area contributed by atoms with Crippen LogP contribution in [0.2, 0.25) is 0 Å². The van der Waals surface area contributed by atoms with Crippen LogP contribution in [-0.2, 0) is 9.53 Å². The Kier molecular flexibility index (Phi) is 4.46. The van der Waals surface area contributed by atoms with E-state index in [2.05, 4.69) is 4.74 Å². The molecule has 0 aliphatic rings. The molecule has 0 radical (unpaired) electrons. The van der Waals surface area contributed by atoms with Gasteiger partial charge in [-0.25, -0.2) is 9.59 Å². The van der Waals surface area contributed by atoms with Crippen molar-refractivity contribution < 1.29 is 34.1 Å². The molecular weight excluding hydrogens is 256 g/mol. The van der Waals surface area contributed by atoms with Crippen LogP contribution < -0.4 is 4.74 Å². The van der Waals surface area contributed by atoms with Gasteiger partial charge < -0.3 is 19.7 Å². The number of Topliss-reactive ketones (excluding diaryl/α,β-unsaturated/α-hetero) is 1. The number of ketones is 1. The summed E-state index contributed by atoms with van der Waals surface area (Å²) < 4.78 is 9.27. The zero-order valence-electron chi connectivity index (χ0n) is 10.3.